The minimum absolute atomic E-state index is 0.0389. The third-order valence-corrected chi connectivity index (χ3v) is 3.77. The topological polar surface area (TPSA) is 44.5 Å². The van der Waals surface area contributed by atoms with E-state index in [4.69, 9.17) is 26.8 Å². The lowest BCUT2D eigenvalue weighted by molar-refractivity contribution is 0.148. The molecule has 20 heavy (non-hydrogen) atoms. The first-order chi connectivity index (χ1) is 9.78. The predicted octanol–water partition coefficient (Wildman–Crippen LogP) is 3.18. The van der Waals surface area contributed by atoms with Crippen LogP contribution in [-0.2, 0) is 13.0 Å². The monoisotopic (exact) mass is 289 g/mol. The Balaban J connectivity index is 1.66. The number of hydrogen-bond donors (Lipinski definition) is 1. The minimum Gasteiger partial charge on any atom is -0.489 e. The van der Waals surface area contributed by atoms with Crippen molar-refractivity contribution in [3.8, 4) is 11.5 Å². The molecule has 3 nitrogen and oxygen atoms in total. The summed E-state index contributed by atoms with van der Waals surface area (Å²) in [6, 6.07) is 13.6. The Morgan fingerprint density at radius 3 is 2.85 bits per heavy atom. The van der Waals surface area contributed by atoms with Crippen molar-refractivity contribution in [3.63, 3.8) is 0 Å². The van der Waals surface area contributed by atoms with Gasteiger partial charge in [-0.25, -0.2) is 0 Å². The van der Waals surface area contributed by atoms with Gasteiger partial charge in [-0.2, -0.15) is 0 Å². The molecule has 104 valence electrons. The quantitative estimate of drug-likeness (QED) is 0.940. The van der Waals surface area contributed by atoms with Crippen molar-refractivity contribution in [2.24, 2.45) is 5.73 Å². The maximum Gasteiger partial charge on any atom is 0.137 e. The summed E-state index contributed by atoms with van der Waals surface area (Å²) in [6.45, 7) is 0.850. The van der Waals surface area contributed by atoms with Crippen LogP contribution in [0.3, 0.4) is 0 Å². The minimum atomic E-state index is 0.0389. The molecule has 0 spiro atoms. The average molecular weight is 290 g/mol. The predicted molar refractivity (Wildman–Crippen MR) is 79.4 cm³/mol. The highest BCUT2D eigenvalue weighted by Gasteiger charge is 2.23. The van der Waals surface area contributed by atoms with Crippen molar-refractivity contribution in [1.82, 2.24) is 0 Å². The second-order valence-electron chi connectivity index (χ2n) is 4.78. The van der Waals surface area contributed by atoms with E-state index >= 15 is 0 Å². The van der Waals surface area contributed by atoms with Crippen molar-refractivity contribution >= 4 is 11.6 Å². The Morgan fingerprint density at radius 1 is 1.20 bits per heavy atom. The van der Waals surface area contributed by atoms with E-state index in [1.165, 1.54) is 5.56 Å². The average Bonchev–Trinajstić information content (AvgIpc) is 2.88. The van der Waals surface area contributed by atoms with E-state index in [9.17, 15) is 0 Å². The van der Waals surface area contributed by atoms with Crippen LogP contribution in [0.15, 0.2) is 42.5 Å². The number of nitrogens with two attached hydrogens (primary N) is 1. The van der Waals surface area contributed by atoms with Crippen molar-refractivity contribution in [2.45, 2.75) is 19.1 Å². The molecule has 1 aliphatic rings. The van der Waals surface area contributed by atoms with Gasteiger partial charge < -0.3 is 15.2 Å². The van der Waals surface area contributed by atoms with Gasteiger partial charge in [0.1, 0.15) is 24.2 Å². The molecule has 0 fully saturated rings. The van der Waals surface area contributed by atoms with Gasteiger partial charge in [-0.15, -0.1) is 0 Å². The van der Waals surface area contributed by atoms with Crippen LogP contribution in [0.1, 0.15) is 11.1 Å². The Hall–Kier alpha value is -1.71. The van der Waals surface area contributed by atoms with Gasteiger partial charge in [0.15, 0.2) is 0 Å². The molecule has 0 aromatic heterocycles. The van der Waals surface area contributed by atoms with Gasteiger partial charge in [0.05, 0.1) is 0 Å². The van der Waals surface area contributed by atoms with Crippen LogP contribution in [-0.4, -0.2) is 12.7 Å². The van der Waals surface area contributed by atoms with Crippen LogP contribution in [0.2, 0.25) is 5.02 Å². The van der Waals surface area contributed by atoms with Gasteiger partial charge in [0, 0.05) is 23.6 Å². The van der Waals surface area contributed by atoms with Crippen LogP contribution < -0.4 is 15.2 Å². The smallest absolute Gasteiger partial charge is 0.137 e. The normalized spacial score (nSPS) is 16.6. The Morgan fingerprint density at radius 2 is 2.05 bits per heavy atom. The van der Waals surface area contributed by atoms with Crippen molar-refractivity contribution < 1.29 is 9.47 Å². The van der Waals surface area contributed by atoms with Crippen LogP contribution >= 0.6 is 11.6 Å². The first-order valence-corrected chi connectivity index (χ1v) is 7.00. The lowest BCUT2D eigenvalue weighted by Crippen LogP contribution is -2.22. The van der Waals surface area contributed by atoms with Crippen LogP contribution in [0.25, 0.3) is 0 Å². The molecule has 1 aliphatic heterocycles. The number of para-hydroxylation sites is 1. The molecule has 0 aliphatic carbocycles. The van der Waals surface area contributed by atoms with E-state index in [0.29, 0.717) is 18.2 Å². The number of hydrogen-bond acceptors (Lipinski definition) is 3. The Bertz CT molecular complexity index is 590. The second-order valence-corrected chi connectivity index (χ2v) is 5.19. The number of ether oxygens (including phenoxy) is 2. The molecule has 4 heteroatoms. The van der Waals surface area contributed by atoms with Crippen LogP contribution in [0, 0.1) is 0 Å². The fraction of sp³-hybridized carbons (Fsp3) is 0.250. The summed E-state index contributed by atoms with van der Waals surface area (Å²) < 4.78 is 11.7. The third kappa shape index (κ3) is 2.60. The molecular formula is C16H16ClNO2. The molecule has 2 aromatic rings. The number of benzene rings is 2. The zero-order valence-electron chi connectivity index (χ0n) is 11.0. The summed E-state index contributed by atoms with van der Waals surface area (Å²) in [6.07, 6.45) is 0.909. The van der Waals surface area contributed by atoms with Gasteiger partial charge in [-0.05, 0) is 23.8 Å². The van der Waals surface area contributed by atoms with E-state index in [-0.39, 0.29) is 6.10 Å². The highest BCUT2D eigenvalue weighted by molar-refractivity contribution is 6.31. The standard InChI is InChI=1S/C16H16ClNO2/c17-14-5-3-7-16(13(14)9-18)19-10-12-8-11-4-1-2-6-15(11)20-12/h1-7,12H,8-10,18H2. The largest absolute Gasteiger partial charge is 0.489 e. The number of fused-ring (bicyclic) bond motifs is 1. The van der Waals surface area contributed by atoms with Gasteiger partial charge >= 0.3 is 0 Å². The molecule has 2 N–H and O–H groups in total. The van der Waals surface area contributed by atoms with Crippen LogP contribution in [0.5, 0.6) is 11.5 Å². The van der Waals surface area contributed by atoms with Crippen LogP contribution in [0.4, 0.5) is 0 Å². The van der Waals surface area contributed by atoms with E-state index in [0.717, 1.165) is 23.5 Å². The number of halogens is 1. The summed E-state index contributed by atoms with van der Waals surface area (Å²) in [5.74, 6) is 1.69. The Kier molecular flexibility index (Phi) is 3.81. The van der Waals surface area contributed by atoms with E-state index in [2.05, 4.69) is 6.07 Å². The van der Waals surface area contributed by atoms with E-state index in [1.807, 2.05) is 36.4 Å². The van der Waals surface area contributed by atoms with Crippen molar-refractivity contribution in [3.05, 3.63) is 58.6 Å². The summed E-state index contributed by atoms with van der Waals surface area (Å²) >= 11 is 6.11. The van der Waals surface area contributed by atoms with Crippen molar-refractivity contribution in [1.29, 1.82) is 0 Å². The zero-order chi connectivity index (χ0) is 13.9. The molecular weight excluding hydrogens is 274 g/mol. The highest BCUT2D eigenvalue weighted by atomic mass is 35.5. The number of rotatable bonds is 4. The van der Waals surface area contributed by atoms with Gasteiger partial charge in [-0.3, -0.25) is 0 Å². The molecule has 0 amide bonds. The molecule has 0 saturated carbocycles. The lowest BCUT2D eigenvalue weighted by Gasteiger charge is -2.15. The maximum absolute atomic E-state index is 6.11. The third-order valence-electron chi connectivity index (χ3n) is 3.42. The molecule has 1 unspecified atom stereocenters. The molecule has 2 aromatic carbocycles. The molecule has 1 atom stereocenters. The Labute approximate surface area is 123 Å². The van der Waals surface area contributed by atoms with Gasteiger partial charge in [0.25, 0.3) is 0 Å². The SMILES string of the molecule is NCc1c(Cl)cccc1OCC1Cc2ccccc2O1. The highest BCUT2D eigenvalue weighted by Crippen LogP contribution is 2.30. The van der Waals surface area contributed by atoms with Crippen molar-refractivity contribution in [2.75, 3.05) is 6.61 Å². The molecule has 1 heterocycles. The molecule has 0 radical (unpaired) electrons. The fourth-order valence-corrected chi connectivity index (χ4v) is 2.64. The fourth-order valence-electron chi connectivity index (χ4n) is 2.40. The summed E-state index contributed by atoms with van der Waals surface area (Å²) in [7, 11) is 0. The maximum atomic E-state index is 6.11. The van der Waals surface area contributed by atoms with E-state index in [1.54, 1.807) is 0 Å². The first-order valence-electron chi connectivity index (χ1n) is 6.62. The van der Waals surface area contributed by atoms with E-state index < -0.39 is 0 Å². The molecule has 0 bridgehead atoms. The summed E-state index contributed by atoms with van der Waals surface area (Å²) in [4.78, 5) is 0. The van der Waals surface area contributed by atoms with Gasteiger partial charge in [-0.1, -0.05) is 35.9 Å². The second kappa shape index (κ2) is 5.73. The van der Waals surface area contributed by atoms with Gasteiger partial charge in [0.2, 0.25) is 0 Å². The summed E-state index contributed by atoms with van der Waals surface area (Å²) in [5, 5.41) is 0.639. The lowest BCUT2D eigenvalue weighted by atomic mass is 10.1. The molecule has 3 rings (SSSR count). The first kappa shape index (κ1) is 13.3. The zero-order valence-corrected chi connectivity index (χ0v) is 11.8. The molecule has 0 saturated heterocycles. The summed E-state index contributed by atoms with van der Waals surface area (Å²) in [5.41, 5.74) is 7.77.